The molecule has 0 bridgehead atoms. The Morgan fingerprint density at radius 3 is 2.66 bits per heavy atom. The Morgan fingerprint density at radius 1 is 1.14 bits per heavy atom. The van der Waals surface area contributed by atoms with Gasteiger partial charge in [-0.1, -0.05) is 18.2 Å². The van der Waals surface area contributed by atoms with E-state index in [4.69, 9.17) is 0 Å². The zero-order chi connectivity index (χ0) is 20.4. The number of benzene rings is 1. The maximum absolute atomic E-state index is 13.0. The summed E-state index contributed by atoms with van der Waals surface area (Å²) in [7, 11) is 0. The smallest absolute Gasteiger partial charge is 0.308 e. The van der Waals surface area contributed by atoms with Gasteiger partial charge in [0.15, 0.2) is 0 Å². The van der Waals surface area contributed by atoms with Gasteiger partial charge in [0.2, 0.25) is 5.91 Å². The number of amides is 3. The summed E-state index contributed by atoms with van der Waals surface area (Å²) in [5.41, 5.74) is 1.07. The number of nitrogens with zero attached hydrogens (tertiary/aromatic N) is 2. The van der Waals surface area contributed by atoms with Gasteiger partial charge in [0.05, 0.1) is 11.7 Å². The Morgan fingerprint density at radius 2 is 1.93 bits per heavy atom. The fourth-order valence-corrected chi connectivity index (χ4v) is 4.71. The number of aryl methyl sites for hydroxylation is 1. The minimum Gasteiger partial charge on any atom is -0.308 e. The van der Waals surface area contributed by atoms with Gasteiger partial charge >= 0.3 is 6.03 Å². The first-order chi connectivity index (χ1) is 14.0. The first kappa shape index (κ1) is 19.0. The van der Waals surface area contributed by atoms with Gasteiger partial charge in [-0.25, -0.2) is 9.78 Å². The maximum atomic E-state index is 13.0. The standard InChI is InChI=1S/C20H16N4O3S2/c1-12-7-8-15(29-12)14-10-28-18-17(14)19(26)24(11-21-18)9-16(25)23-20(27)22-13-5-3-2-4-6-13/h2-8,10-11H,9H2,1H3,(H2,22,23,25,27). The zero-order valence-corrected chi connectivity index (χ0v) is 17.0. The van der Waals surface area contributed by atoms with Gasteiger partial charge in [-0.2, -0.15) is 0 Å². The third-order valence-corrected chi connectivity index (χ3v) is 6.09. The van der Waals surface area contributed by atoms with Crippen molar-refractivity contribution < 1.29 is 9.59 Å². The van der Waals surface area contributed by atoms with Crippen molar-refractivity contribution in [3.63, 3.8) is 0 Å². The van der Waals surface area contributed by atoms with E-state index in [2.05, 4.69) is 15.6 Å². The van der Waals surface area contributed by atoms with E-state index in [0.29, 0.717) is 15.9 Å². The van der Waals surface area contributed by atoms with Gasteiger partial charge in [-0.15, -0.1) is 22.7 Å². The molecule has 0 radical (unpaired) electrons. The topological polar surface area (TPSA) is 93.1 Å². The lowest BCUT2D eigenvalue weighted by Crippen LogP contribution is -2.38. The molecule has 0 aliphatic rings. The fraction of sp³-hybridized carbons (Fsp3) is 0.100. The number of rotatable bonds is 4. The van der Waals surface area contributed by atoms with Crippen LogP contribution in [0.4, 0.5) is 10.5 Å². The Bertz CT molecular complexity index is 1260. The molecule has 0 saturated heterocycles. The van der Waals surface area contributed by atoms with E-state index in [1.165, 1.54) is 22.2 Å². The van der Waals surface area contributed by atoms with Crippen LogP contribution < -0.4 is 16.2 Å². The molecule has 2 N–H and O–H groups in total. The zero-order valence-electron chi connectivity index (χ0n) is 15.3. The van der Waals surface area contributed by atoms with E-state index < -0.39 is 11.9 Å². The highest BCUT2D eigenvalue weighted by molar-refractivity contribution is 7.19. The van der Waals surface area contributed by atoms with Gasteiger partial charge in [-0.3, -0.25) is 19.5 Å². The van der Waals surface area contributed by atoms with Crippen molar-refractivity contribution in [2.45, 2.75) is 13.5 Å². The van der Waals surface area contributed by atoms with Crippen LogP contribution in [0.2, 0.25) is 0 Å². The Kier molecular flexibility index (Phi) is 5.24. The molecule has 29 heavy (non-hydrogen) atoms. The molecule has 0 saturated carbocycles. The molecule has 0 spiro atoms. The van der Waals surface area contributed by atoms with Crippen molar-refractivity contribution in [3.05, 3.63) is 69.4 Å². The molecule has 0 unspecified atom stereocenters. The van der Waals surface area contributed by atoms with Gasteiger partial charge in [0.1, 0.15) is 11.4 Å². The molecule has 0 aliphatic heterocycles. The molecule has 1 aromatic carbocycles. The highest BCUT2D eigenvalue weighted by Gasteiger charge is 2.16. The highest BCUT2D eigenvalue weighted by Crippen LogP contribution is 2.34. The molecule has 3 heterocycles. The number of aromatic nitrogens is 2. The molecule has 146 valence electrons. The third-order valence-electron chi connectivity index (χ3n) is 4.17. The summed E-state index contributed by atoms with van der Waals surface area (Å²) < 4.78 is 1.21. The van der Waals surface area contributed by atoms with Crippen LogP contribution >= 0.6 is 22.7 Å². The Hall–Kier alpha value is -3.30. The van der Waals surface area contributed by atoms with Crippen molar-refractivity contribution in [2.75, 3.05) is 5.32 Å². The number of urea groups is 1. The number of fused-ring (bicyclic) bond motifs is 1. The second-order valence-corrected chi connectivity index (χ2v) is 8.43. The molecular formula is C20H16N4O3S2. The molecular weight excluding hydrogens is 408 g/mol. The van der Waals surface area contributed by atoms with Crippen molar-refractivity contribution in [1.82, 2.24) is 14.9 Å². The fourth-order valence-electron chi connectivity index (χ4n) is 2.85. The average Bonchev–Trinajstić information content (AvgIpc) is 3.31. The van der Waals surface area contributed by atoms with Crippen LogP contribution in [0.25, 0.3) is 20.7 Å². The highest BCUT2D eigenvalue weighted by atomic mass is 32.1. The van der Waals surface area contributed by atoms with Crippen LogP contribution in [0.5, 0.6) is 0 Å². The lowest BCUT2D eigenvalue weighted by molar-refractivity contribution is -0.120. The average molecular weight is 425 g/mol. The van der Waals surface area contributed by atoms with Crippen molar-refractivity contribution >= 4 is 50.5 Å². The van der Waals surface area contributed by atoms with Crippen molar-refractivity contribution in [1.29, 1.82) is 0 Å². The van der Waals surface area contributed by atoms with E-state index in [1.807, 2.05) is 30.5 Å². The van der Waals surface area contributed by atoms with Crippen LogP contribution in [0.1, 0.15) is 4.88 Å². The summed E-state index contributed by atoms with van der Waals surface area (Å²) in [4.78, 5) is 44.2. The Labute approximate surface area is 173 Å². The molecule has 4 aromatic rings. The molecule has 9 heteroatoms. The monoisotopic (exact) mass is 424 g/mol. The van der Waals surface area contributed by atoms with E-state index in [-0.39, 0.29) is 12.1 Å². The number of carbonyl (C=O) groups is 2. The van der Waals surface area contributed by atoms with Crippen LogP contribution in [-0.4, -0.2) is 21.5 Å². The van der Waals surface area contributed by atoms with Crippen molar-refractivity contribution in [2.24, 2.45) is 0 Å². The van der Waals surface area contributed by atoms with Gasteiger partial charge in [0.25, 0.3) is 5.56 Å². The Balaban J connectivity index is 1.53. The lowest BCUT2D eigenvalue weighted by atomic mass is 10.2. The summed E-state index contributed by atoms with van der Waals surface area (Å²) in [6, 6.07) is 12.1. The SMILES string of the molecule is Cc1ccc(-c2csc3ncn(CC(=O)NC(=O)Nc4ccccc4)c(=O)c23)s1. The number of nitrogens with one attached hydrogen (secondary N) is 2. The van der Waals surface area contributed by atoms with Crippen molar-refractivity contribution in [3.8, 4) is 10.4 Å². The third kappa shape index (κ3) is 4.10. The summed E-state index contributed by atoms with van der Waals surface area (Å²) >= 11 is 2.99. The summed E-state index contributed by atoms with van der Waals surface area (Å²) in [6.07, 6.45) is 1.33. The normalized spacial score (nSPS) is 10.8. The van der Waals surface area contributed by atoms with Gasteiger partial charge < -0.3 is 5.32 Å². The summed E-state index contributed by atoms with van der Waals surface area (Å²) in [6.45, 7) is 1.70. The number of imide groups is 1. The van der Waals surface area contributed by atoms with E-state index in [1.54, 1.807) is 35.6 Å². The number of hydrogen-bond donors (Lipinski definition) is 2. The number of carbonyl (C=O) groups excluding carboxylic acids is 2. The van der Waals surface area contributed by atoms with Gasteiger partial charge in [0, 0.05) is 26.4 Å². The molecule has 0 atom stereocenters. The van der Waals surface area contributed by atoms with E-state index in [9.17, 15) is 14.4 Å². The van der Waals surface area contributed by atoms with Crippen LogP contribution in [0, 0.1) is 6.92 Å². The van der Waals surface area contributed by atoms with Crippen LogP contribution in [-0.2, 0) is 11.3 Å². The molecule has 3 amide bonds. The summed E-state index contributed by atoms with van der Waals surface area (Å²) in [5.74, 6) is -0.606. The second-order valence-electron chi connectivity index (χ2n) is 6.29. The molecule has 0 fully saturated rings. The number of hydrogen-bond acceptors (Lipinski definition) is 6. The number of anilines is 1. The number of para-hydroxylation sites is 1. The molecule has 3 aromatic heterocycles. The van der Waals surface area contributed by atoms with Crippen LogP contribution in [0.15, 0.2) is 59.0 Å². The maximum Gasteiger partial charge on any atom is 0.325 e. The minimum absolute atomic E-state index is 0.303. The first-order valence-corrected chi connectivity index (χ1v) is 10.4. The van der Waals surface area contributed by atoms with Gasteiger partial charge in [-0.05, 0) is 31.2 Å². The molecule has 7 nitrogen and oxygen atoms in total. The summed E-state index contributed by atoms with van der Waals surface area (Å²) in [5, 5.41) is 7.18. The van der Waals surface area contributed by atoms with Crippen LogP contribution in [0.3, 0.4) is 0 Å². The predicted molar refractivity (Wildman–Crippen MR) is 116 cm³/mol. The quantitative estimate of drug-likeness (QED) is 0.520. The van der Waals surface area contributed by atoms with E-state index >= 15 is 0 Å². The first-order valence-electron chi connectivity index (χ1n) is 8.70. The number of thiophene rings is 2. The second kappa shape index (κ2) is 7.98. The predicted octanol–water partition coefficient (Wildman–Crippen LogP) is 3.84. The molecule has 4 rings (SSSR count). The van der Waals surface area contributed by atoms with E-state index in [0.717, 1.165) is 15.3 Å². The molecule has 0 aliphatic carbocycles. The largest absolute Gasteiger partial charge is 0.325 e. The lowest BCUT2D eigenvalue weighted by Gasteiger charge is -2.08. The minimum atomic E-state index is -0.659.